The summed E-state index contributed by atoms with van der Waals surface area (Å²) in [5.41, 5.74) is 3.40. The van der Waals surface area contributed by atoms with Crippen LogP contribution in [0.4, 0.5) is 23.3 Å². The fourth-order valence-corrected chi connectivity index (χ4v) is 19.0. The number of carboxylic acid groups (broad SMARTS) is 1. The predicted molar refractivity (Wildman–Crippen MR) is 512 cm³/mol. The molecule has 0 radical (unpaired) electrons. The molecule has 734 valence electrons. The fraction of sp³-hybridized carbons (Fsp3) is 0.225. The van der Waals surface area contributed by atoms with Gasteiger partial charge in [0.2, 0.25) is 0 Å². The van der Waals surface area contributed by atoms with Crippen LogP contribution in [0.2, 0.25) is 0 Å². The second kappa shape index (κ2) is 51.0. The summed E-state index contributed by atoms with van der Waals surface area (Å²) in [5.74, 6) is -8.01. The minimum Gasteiger partial charge on any atom is -0.505 e. The predicted octanol–water partition coefficient (Wildman–Crippen LogP) is 9.28. The van der Waals surface area contributed by atoms with Gasteiger partial charge < -0.3 is 78.3 Å². The zero-order valence-electron chi connectivity index (χ0n) is 77.8. The number of nitrogens with one attached hydrogen (secondary N) is 7. The van der Waals surface area contributed by atoms with Crippen LogP contribution in [0.1, 0.15) is 128 Å². The van der Waals surface area contributed by atoms with Crippen LogP contribution >= 0.6 is 0 Å². The van der Waals surface area contributed by atoms with E-state index in [1.807, 2.05) is 55.4 Å². The van der Waals surface area contributed by atoms with Crippen LogP contribution in [0.3, 0.4) is 0 Å². The van der Waals surface area contributed by atoms with E-state index in [0.29, 0.717) is 14.2 Å². The van der Waals surface area contributed by atoms with Crippen LogP contribution in [0.15, 0.2) is 254 Å². The largest absolute Gasteiger partial charge is 0.505 e. The highest BCUT2D eigenvalue weighted by atomic mass is 32.2. The number of nitrogens with two attached hydrogens (primary N) is 1. The van der Waals surface area contributed by atoms with Crippen molar-refractivity contribution in [3.63, 3.8) is 0 Å². The molecule has 0 spiro atoms. The second-order valence-corrected chi connectivity index (χ2v) is 35.8. The zero-order chi connectivity index (χ0) is 104. The van der Waals surface area contributed by atoms with Crippen molar-refractivity contribution in [2.24, 2.45) is 5.73 Å². The molecule has 14 rings (SSSR count). The van der Waals surface area contributed by atoms with E-state index in [-0.39, 0.29) is 117 Å². The van der Waals surface area contributed by atoms with E-state index in [4.69, 9.17) is 14.6 Å². The Hall–Kier alpha value is -15.7. The number of carboxylic acids is 1. The Kier molecular flexibility index (Phi) is 42.3. The van der Waals surface area contributed by atoms with Gasteiger partial charge >= 0.3 is 5.97 Å². The van der Waals surface area contributed by atoms with Gasteiger partial charge in [-0.2, -0.15) is 0 Å². The number of benzene rings is 5. The summed E-state index contributed by atoms with van der Waals surface area (Å²) in [4.78, 5) is 121. The van der Waals surface area contributed by atoms with Crippen LogP contribution < -0.4 is 43.0 Å². The molecule has 43 nitrogen and oxygen atoms in total. The molecule has 5 aliphatic heterocycles. The van der Waals surface area contributed by atoms with Crippen molar-refractivity contribution in [3.05, 3.63) is 274 Å². The van der Waals surface area contributed by atoms with Crippen LogP contribution in [-0.2, 0) is 83.6 Å². The number of fused-ring (bicyclic) bond motifs is 5. The molecule has 0 aliphatic carbocycles. The molecule has 0 fully saturated rings. The number of aromatic nitrogens is 4. The maximum Gasteiger partial charge on any atom is 0.359 e. The number of nitrogens with zero attached hydrogens (tertiary/aromatic N) is 9. The number of likely N-dealkylation sites (N-methyl/N-ethyl adjacent to an activating group) is 5. The van der Waals surface area contributed by atoms with Gasteiger partial charge in [0.25, 0.3) is 97.4 Å². The average molecular weight is 1990 g/mol. The molecule has 7 amide bonds. The fourth-order valence-electron chi connectivity index (χ4n) is 12.0. The Balaban J connectivity index is 0.000000347. The minimum atomic E-state index is -4.00. The zero-order valence-corrected chi connectivity index (χ0v) is 81.8. The third-order valence-electron chi connectivity index (χ3n) is 18.3. The number of aliphatic hydroxyl groups excluding tert-OH is 5. The quantitative estimate of drug-likeness (QED) is 0.0478. The van der Waals surface area contributed by atoms with E-state index >= 15 is 0 Å². The van der Waals surface area contributed by atoms with E-state index in [1.165, 1.54) is 203 Å². The van der Waals surface area contributed by atoms with Crippen LogP contribution in [-0.4, -0.2) is 238 Å². The molecule has 0 saturated carbocycles. The summed E-state index contributed by atoms with van der Waals surface area (Å²) >= 11 is 0. The molecule has 15 N–H and O–H groups in total. The van der Waals surface area contributed by atoms with Crippen LogP contribution in [0.25, 0.3) is 28.8 Å². The van der Waals surface area contributed by atoms with Crippen molar-refractivity contribution < 1.29 is 121 Å². The number of rotatable bonds is 13. The van der Waals surface area contributed by atoms with Crippen molar-refractivity contribution >= 4 is 155 Å². The van der Waals surface area contributed by atoms with E-state index in [1.54, 1.807) is 67.6 Å². The molecule has 4 aromatic heterocycles. The van der Waals surface area contributed by atoms with Gasteiger partial charge in [-0.25, -0.2) is 66.8 Å². The Morgan fingerprint density at radius 3 is 0.920 bits per heavy atom. The Morgan fingerprint density at radius 1 is 0.336 bits per heavy atom. The minimum absolute atomic E-state index is 0.0334. The first-order valence-corrected chi connectivity index (χ1v) is 48.3. The number of sulfonamides is 5. The smallest absolute Gasteiger partial charge is 0.359 e. The highest BCUT2D eigenvalue weighted by Gasteiger charge is 2.44. The lowest BCUT2D eigenvalue weighted by atomic mass is 10.1. The first-order chi connectivity index (χ1) is 64.9. The molecule has 5 aromatic carbocycles. The van der Waals surface area contributed by atoms with Gasteiger partial charge in [0, 0.05) is 115 Å². The van der Waals surface area contributed by atoms with Crippen LogP contribution in [0.5, 0.6) is 0 Å². The Morgan fingerprint density at radius 2 is 0.613 bits per heavy atom. The number of ether oxygens (including phenoxy) is 1. The second-order valence-electron chi connectivity index (χ2n) is 26.1. The van der Waals surface area contributed by atoms with Crippen molar-refractivity contribution in [1.82, 2.24) is 57.4 Å². The summed E-state index contributed by atoms with van der Waals surface area (Å²) in [7, 11) is -7.91. The molecular weight excluding hydrogens is 1880 g/mol. The van der Waals surface area contributed by atoms with Gasteiger partial charge in [-0.15, -0.1) is 0 Å². The molecule has 0 saturated heterocycles. The highest BCUT2D eigenvalue weighted by Crippen LogP contribution is 2.40. The molecule has 48 heteroatoms. The van der Waals surface area contributed by atoms with Crippen molar-refractivity contribution in [2.45, 2.75) is 93.7 Å². The summed E-state index contributed by atoms with van der Waals surface area (Å²) < 4.78 is 134. The van der Waals surface area contributed by atoms with Gasteiger partial charge in [0.05, 0.1) is 36.6 Å². The van der Waals surface area contributed by atoms with Crippen molar-refractivity contribution in [1.29, 1.82) is 0 Å². The number of esters is 1. The molecule has 9 heterocycles. The van der Waals surface area contributed by atoms with Gasteiger partial charge in [-0.1, -0.05) is 128 Å². The number of carbonyl (C=O) groups is 9. The molecular formula is C89H107N17O26S5. The number of aliphatic carboxylic acids is 1. The topological polar surface area (TPSA) is 633 Å². The summed E-state index contributed by atoms with van der Waals surface area (Å²) in [6.45, 7) is 18.8. The number of pyridine rings is 4. The van der Waals surface area contributed by atoms with E-state index in [9.17, 15) is 106 Å². The Bertz CT molecular complexity index is 6570. The van der Waals surface area contributed by atoms with Crippen LogP contribution in [0, 0.1) is 0 Å². The lowest BCUT2D eigenvalue weighted by Gasteiger charge is -2.28. The summed E-state index contributed by atoms with van der Waals surface area (Å²) in [6.07, 6.45) is 4.07. The summed E-state index contributed by atoms with van der Waals surface area (Å²) in [5, 5.41) is 76.3. The molecule has 137 heavy (non-hydrogen) atoms. The highest BCUT2D eigenvalue weighted by molar-refractivity contribution is 7.90. The molecule has 0 bridgehead atoms. The third kappa shape index (κ3) is 26.1. The van der Waals surface area contributed by atoms with E-state index < -0.39 is 137 Å². The van der Waals surface area contributed by atoms with Gasteiger partial charge in [-0.05, 0) is 123 Å². The number of hydrogen-bond acceptors (Lipinski definition) is 30. The molecule has 5 aliphatic rings. The van der Waals surface area contributed by atoms with Crippen molar-refractivity contribution in [2.75, 3.05) is 91.3 Å². The van der Waals surface area contributed by atoms with Gasteiger partial charge in [0.1, 0.15) is 29.0 Å². The van der Waals surface area contributed by atoms with E-state index in [2.05, 4.69) is 62.9 Å². The molecule has 0 unspecified atom stereocenters. The summed E-state index contributed by atoms with van der Waals surface area (Å²) in [6, 6.07) is 44.4. The Labute approximate surface area is 793 Å². The maximum absolute atomic E-state index is 12.7. The number of amides is 7. The monoisotopic (exact) mass is 1990 g/mol. The lowest BCUT2D eigenvalue weighted by Crippen LogP contribution is -2.37. The number of aliphatic hydroxyl groups is 5. The van der Waals surface area contributed by atoms with Gasteiger partial charge in [-0.3, -0.25) is 59.9 Å². The first-order valence-electron chi connectivity index (χ1n) is 41.1. The maximum atomic E-state index is 12.7. The molecule has 9 aromatic rings. The average Bonchev–Trinajstić information content (AvgIpc) is 0.765. The lowest BCUT2D eigenvalue weighted by molar-refractivity contribution is -0.139. The SMILES string of the molecule is CC.CC.CC.CC.CC(=O)O.CCOC(=O)C1=C(O)c2ccccc2S(=O)(=O)N1C.CN.CN1C(C(=O)Nc2ccccn2)=C(O)c2ccccc2S1(=O)=O.CNC(=O)c1ccc(NC(=O)C2=C(O)c3ccccc3S(=O)(=O)N2C)nc1.CNC(=O)c1cccc(NC(=O)C2=C(O)c3ccccc3S(=O)(=O)N2C)n1.CNC(=O)c1ccnc(NC(=O)C2=C(O)c3ccccc3S(=O)(=O)N2C)c1. The number of hydrogen-bond donors (Lipinski definition) is 14. The standard InChI is InChI=1S/3C17H16N4O5S.C15H13N3O4S.C12H13NO5S.C2H4O2.4C2H6.CH5N/c1-18-16(23)11-7-5-9-13(19-11)20-17(24)14-15(22)10-6-3-4-8-12(10)27(25,26)21(14)2;1-18-16(23)10-7-8-19-13(9-10)20-17(24)14-15(22)11-5-3-4-6-12(11)27(25,26)21(14)2;1-18-16(23)10-7-8-13(19-9-10)20-17(24)14-15(22)11-5-3-4-6-12(11)27(25,26)21(14)2;1-18-13(15(20)17-12-8-4-5-9-16-12)14(19)10-6-2-3-7-11(10)23(18,21)22;1-3-18-12(15)10-11(14)8-6-4-5-7-9(8)19(16,17)13(10)2;1-2(3)4;5*1-2/h3*3-9,22H,1-2H3,(H,18,23)(H,19,20,24);2-9,19H,1H3,(H,16,17,20);4-7,14H,3H2,1-2H3;1H3,(H,3,4);4*1-2H3;2H2,1H3. The van der Waals surface area contributed by atoms with Gasteiger partial charge in [0.15, 0.2) is 57.3 Å². The first kappa shape index (κ1) is 114. The normalized spacial score (nSPS) is 14.4. The van der Waals surface area contributed by atoms with Crippen molar-refractivity contribution in [3.8, 4) is 0 Å². The number of anilines is 4. The third-order valence-corrected chi connectivity index (χ3v) is 27.3. The molecule has 0 atom stereocenters. The van der Waals surface area contributed by atoms with E-state index in [0.717, 1.165) is 19.8 Å². The number of carbonyl (C=O) groups excluding carboxylic acids is 8.